The summed E-state index contributed by atoms with van der Waals surface area (Å²) in [6.45, 7) is 1.92. The molecule has 0 bridgehead atoms. The fourth-order valence-corrected chi connectivity index (χ4v) is 3.02. The lowest BCUT2D eigenvalue weighted by atomic mass is 10.1. The van der Waals surface area contributed by atoms with Gasteiger partial charge in [-0.2, -0.15) is 5.10 Å². The molecule has 3 rings (SSSR count). The van der Waals surface area contributed by atoms with Gasteiger partial charge in [0.15, 0.2) is 0 Å². The van der Waals surface area contributed by atoms with E-state index >= 15 is 0 Å². The third-order valence-electron chi connectivity index (χ3n) is 3.98. The number of nitrogens with zero attached hydrogens (tertiary/aromatic N) is 3. The summed E-state index contributed by atoms with van der Waals surface area (Å²) in [4.78, 5) is 2.07. The number of aliphatic hydroxyl groups excluding tert-OH is 1. The van der Waals surface area contributed by atoms with E-state index < -0.39 is 6.10 Å². The van der Waals surface area contributed by atoms with E-state index in [2.05, 4.69) is 25.9 Å². The van der Waals surface area contributed by atoms with Crippen LogP contribution in [0.5, 0.6) is 5.75 Å². The van der Waals surface area contributed by atoms with Gasteiger partial charge < -0.3 is 14.7 Å². The second-order valence-electron chi connectivity index (χ2n) is 6.26. The van der Waals surface area contributed by atoms with E-state index in [-0.39, 0.29) is 0 Å². The Morgan fingerprint density at radius 1 is 1.20 bits per heavy atom. The molecule has 0 unspecified atom stereocenters. The van der Waals surface area contributed by atoms with Crippen molar-refractivity contribution in [3.63, 3.8) is 0 Å². The minimum absolute atomic E-state index is 0.405. The van der Waals surface area contributed by atoms with E-state index in [4.69, 9.17) is 4.74 Å². The van der Waals surface area contributed by atoms with Gasteiger partial charge in [0.2, 0.25) is 0 Å². The molecule has 0 saturated heterocycles. The molecule has 0 aliphatic carbocycles. The van der Waals surface area contributed by atoms with Crippen LogP contribution in [0.2, 0.25) is 0 Å². The molecule has 3 aromatic rings. The quantitative estimate of drug-likeness (QED) is 0.655. The summed E-state index contributed by atoms with van der Waals surface area (Å²) in [7, 11) is 4.03. The highest BCUT2D eigenvalue weighted by atomic mass is 79.9. The van der Waals surface area contributed by atoms with Crippen LogP contribution in [0.3, 0.4) is 0 Å². The molecule has 0 amide bonds. The van der Waals surface area contributed by atoms with Crippen LogP contribution in [0.1, 0.15) is 11.7 Å². The zero-order chi connectivity index (χ0) is 17.8. The summed E-state index contributed by atoms with van der Waals surface area (Å²) in [6, 6.07) is 13.5. The fourth-order valence-electron chi connectivity index (χ4n) is 2.57. The Bertz CT molecular complexity index is 830. The first-order valence-corrected chi connectivity index (χ1v) is 8.99. The number of benzene rings is 2. The number of rotatable bonds is 7. The van der Waals surface area contributed by atoms with Crippen molar-refractivity contribution in [2.45, 2.75) is 12.6 Å². The van der Waals surface area contributed by atoms with Gasteiger partial charge in [-0.25, -0.2) is 0 Å². The summed E-state index contributed by atoms with van der Waals surface area (Å²) in [5.41, 5.74) is 1.75. The molecule has 0 spiro atoms. The zero-order valence-electron chi connectivity index (χ0n) is 14.4. The summed E-state index contributed by atoms with van der Waals surface area (Å²) in [6.07, 6.45) is 1.32. The predicted molar refractivity (Wildman–Crippen MR) is 103 cm³/mol. The first-order chi connectivity index (χ1) is 12.0. The predicted octanol–water partition coefficient (Wildman–Crippen LogP) is 3.47. The van der Waals surface area contributed by atoms with E-state index in [0.717, 1.165) is 33.2 Å². The van der Waals surface area contributed by atoms with Gasteiger partial charge in [-0.15, -0.1) is 0 Å². The second kappa shape index (κ2) is 7.99. The number of hydrogen-bond donors (Lipinski definition) is 1. The maximum Gasteiger partial charge on any atom is 0.119 e. The lowest BCUT2D eigenvalue weighted by Crippen LogP contribution is -2.19. The maximum atomic E-state index is 10.5. The van der Waals surface area contributed by atoms with E-state index in [1.54, 1.807) is 4.68 Å². The molecular formula is C19H22BrN3O2. The molecule has 6 heteroatoms. The van der Waals surface area contributed by atoms with E-state index in [9.17, 15) is 5.11 Å². The van der Waals surface area contributed by atoms with Crippen LogP contribution in [0.15, 0.2) is 53.1 Å². The third-order valence-corrected chi connectivity index (χ3v) is 4.67. The Balaban J connectivity index is 1.64. The molecule has 0 aliphatic rings. The number of fused-ring (bicyclic) bond motifs is 1. The molecule has 1 atom stereocenters. The number of ether oxygens (including phenoxy) is 1. The van der Waals surface area contributed by atoms with Gasteiger partial charge in [0.25, 0.3) is 0 Å². The molecule has 1 N–H and O–H groups in total. The Morgan fingerprint density at radius 2 is 1.96 bits per heavy atom. The maximum absolute atomic E-state index is 10.5. The van der Waals surface area contributed by atoms with E-state index in [1.165, 1.54) is 0 Å². The van der Waals surface area contributed by atoms with Crippen molar-refractivity contribution < 1.29 is 9.84 Å². The van der Waals surface area contributed by atoms with Crippen molar-refractivity contribution in [2.75, 3.05) is 27.2 Å². The zero-order valence-corrected chi connectivity index (χ0v) is 16.0. The minimum atomic E-state index is -0.621. The van der Waals surface area contributed by atoms with Crippen LogP contribution < -0.4 is 4.74 Å². The Hall–Kier alpha value is -1.89. The lowest BCUT2D eigenvalue weighted by Gasteiger charge is -2.13. The van der Waals surface area contributed by atoms with Crippen molar-refractivity contribution in [1.82, 2.24) is 14.7 Å². The average Bonchev–Trinajstić information content (AvgIpc) is 2.99. The van der Waals surface area contributed by atoms with Crippen molar-refractivity contribution >= 4 is 26.8 Å². The summed E-state index contributed by atoms with van der Waals surface area (Å²) in [5, 5.41) is 16.0. The van der Waals surface area contributed by atoms with Crippen LogP contribution in [0.4, 0.5) is 0 Å². The SMILES string of the molecule is CN(C)CCOc1ccc([C@@H](O)Cn2cc3c(Br)cccc3n2)cc1. The van der Waals surface area contributed by atoms with Gasteiger partial charge >= 0.3 is 0 Å². The molecule has 25 heavy (non-hydrogen) atoms. The van der Waals surface area contributed by atoms with Gasteiger partial charge in [0.1, 0.15) is 12.4 Å². The lowest BCUT2D eigenvalue weighted by molar-refractivity contribution is 0.151. The number of aliphatic hydroxyl groups is 1. The third kappa shape index (κ3) is 4.60. The average molecular weight is 404 g/mol. The van der Waals surface area contributed by atoms with Gasteiger partial charge in [-0.05, 0) is 43.9 Å². The van der Waals surface area contributed by atoms with E-state index in [1.807, 2.05) is 62.8 Å². The molecule has 0 saturated carbocycles. The number of aromatic nitrogens is 2. The molecule has 0 aliphatic heterocycles. The second-order valence-corrected chi connectivity index (χ2v) is 7.11. The fraction of sp³-hybridized carbons (Fsp3) is 0.316. The first-order valence-electron chi connectivity index (χ1n) is 8.20. The van der Waals surface area contributed by atoms with Crippen LogP contribution >= 0.6 is 15.9 Å². The normalized spacial score (nSPS) is 12.7. The molecule has 0 fully saturated rings. The van der Waals surface area contributed by atoms with Crippen LogP contribution in [-0.2, 0) is 6.54 Å². The van der Waals surface area contributed by atoms with Gasteiger partial charge in [-0.1, -0.05) is 34.1 Å². The van der Waals surface area contributed by atoms with Crippen molar-refractivity contribution in [3.05, 3.63) is 58.7 Å². The highest BCUT2D eigenvalue weighted by Crippen LogP contribution is 2.24. The largest absolute Gasteiger partial charge is 0.492 e. The smallest absolute Gasteiger partial charge is 0.119 e. The highest BCUT2D eigenvalue weighted by molar-refractivity contribution is 9.10. The molecule has 2 aromatic carbocycles. The van der Waals surface area contributed by atoms with Crippen LogP contribution in [0, 0.1) is 0 Å². The molecular weight excluding hydrogens is 382 g/mol. The number of halogens is 1. The molecule has 0 radical (unpaired) electrons. The Labute approximate surface area is 156 Å². The summed E-state index contributed by atoms with van der Waals surface area (Å²) in [5.74, 6) is 0.812. The standard InChI is InChI=1S/C19H22BrN3O2/c1-22(2)10-11-25-15-8-6-14(7-9-15)19(24)13-23-12-16-17(20)4-3-5-18(16)21-23/h3-9,12,19,24H,10-11,13H2,1-2H3/t19-/m0/s1. The van der Waals surface area contributed by atoms with Gasteiger partial charge in [-0.3, -0.25) is 4.68 Å². The molecule has 5 nitrogen and oxygen atoms in total. The van der Waals surface area contributed by atoms with Gasteiger partial charge in [0.05, 0.1) is 18.2 Å². The minimum Gasteiger partial charge on any atom is -0.492 e. The van der Waals surface area contributed by atoms with Crippen molar-refractivity contribution in [3.8, 4) is 5.75 Å². The first kappa shape index (κ1) is 17.9. The Kier molecular flexibility index (Phi) is 5.73. The molecule has 1 aromatic heterocycles. The molecule has 132 valence electrons. The number of likely N-dealkylation sites (N-methyl/N-ethyl adjacent to an activating group) is 1. The van der Waals surface area contributed by atoms with Crippen LogP contribution in [-0.4, -0.2) is 47.0 Å². The van der Waals surface area contributed by atoms with Crippen LogP contribution in [0.25, 0.3) is 10.9 Å². The van der Waals surface area contributed by atoms with Crippen molar-refractivity contribution in [1.29, 1.82) is 0 Å². The van der Waals surface area contributed by atoms with E-state index in [0.29, 0.717) is 13.2 Å². The van der Waals surface area contributed by atoms with Gasteiger partial charge in [0, 0.05) is 22.6 Å². The Morgan fingerprint density at radius 3 is 2.64 bits per heavy atom. The summed E-state index contributed by atoms with van der Waals surface area (Å²) < 4.78 is 8.46. The summed E-state index contributed by atoms with van der Waals surface area (Å²) >= 11 is 3.53. The monoisotopic (exact) mass is 403 g/mol. The molecule has 1 heterocycles. The number of hydrogen-bond acceptors (Lipinski definition) is 4. The van der Waals surface area contributed by atoms with Crippen molar-refractivity contribution in [2.24, 2.45) is 0 Å². The topological polar surface area (TPSA) is 50.5 Å². The highest BCUT2D eigenvalue weighted by Gasteiger charge is 2.11.